The van der Waals surface area contributed by atoms with Crippen LogP contribution in [0, 0.1) is 5.92 Å². The van der Waals surface area contributed by atoms with E-state index in [0.717, 1.165) is 11.4 Å². The van der Waals surface area contributed by atoms with Crippen LogP contribution in [0.1, 0.15) is 29.8 Å². The van der Waals surface area contributed by atoms with Gasteiger partial charge in [-0.1, -0.05) is 61.5 Å². The Kier molecular flexibility index (Phi) is 9.22. The number of rotatable bonds is 11. The van der Waals surface area contributed by atoms with E-state index in [-0.39, 0.29) is 5.91 Å². The molecule has 5 nitrogen and oxygen atoms in total. The van der Waals surface area contributed by atoms with Crippen molar-refractivity contribution in [1.82, 2.24) is 15.3 Å². The van der Waals surface area contributed by atoms with E-state index < -0.39 is 0 Å². The zero-order valence-electron chi connectivity index (χ0n) is 16.9. The van der Waals surface area contributed by atoms with Gasteiger partial charge in [-0.25, -0.2) is 9.97 Å². The van der Waals surface area contributed by atoms with Crippen LogP contribution >= 0.6 is 23.4 Å². The summed E-state index contributed by atoms with van der Waals surface area (Å²) in [6.45, 7) is 13.6. The molecular formula is C22H27ClN4OS. The first-order chi connectivity index (χ1) is 13.9. The van der Waals surface area contributed by atoms with E-state index in [4.69, 9.17) is 11.6 Å². The monoisotopic (exact) mass is 430 g/mol. The summed E-state index contributed by atoms with van der Waals surface area (Å²) in [4.78, 5) is 23.2. The Morgan fingerprint density at radius 3 is 2.62 bits per heavy atom. The van der Waals surface area contributed by atoms with Gasteiger partial charge in [-0.3, -0.25) is 4.79 Å². The smallest absolute Gasteiger partial charge is 0.251 e. The molecule has 0 radical (unpaired) electrons. The SMILES string of the molecule is C=CCN(CC=C)c1cc(Cl)nc(SCc2cccc(C(=O)NCC(C)C)c2)n1. The first-order valence-electron chi connectivity index (χ1n) is 9.44. The zero-order chi connectivity index (χ0) is 21.2. The number of hydrogen-bond acceptors (Lipinski definition) is 5. The Morgan fingerprint density at radius 2 is 1.97 bits per heavy atom. The van der Waals surface area contributed by atoms with E-state index in [0.29, 0.717) is 47.2 Å². The molecule has 1 aromatic carbocycles. The predicted molar refractivity (Wildman–Crippen MR) is 123 cm³/mol. The fraction of sp³-hybridized carbons (Fsp3) is 0.318. The Bertz CT molecular complexity index is 846. The highest BCUT2D eigenvalue weighted by atomic mass is 35.5. The Balaban J connectivity index is 2.09. The highest BCUT2D eigenvalue weighted by molar-refractivity contribution is 7.98. The molecular weight excluding hydrogens is 404 g/mol. The van der Waals surface area contributed by atoms with Crippen molar-refractivity contribution in [2.45, 2.75) is 24.8 Å². The first-order valence-corrected chi connectivity index (χ1v) is 10.8. The predicted octanol–water partition coefficient (Wildman–Crippen LogP) is 4.99. The molecule has 154 valence electrons. The van der Waals surface area contributed by atoms with E-state index in [2.05, 4.69) is 42.3 Å². The van der Waals surface area contributed by atoms with Crippen molar-refractivity contribution in [3.8, 4) is 0 Å². The molecule has 0 bridgehead atoms. The lowest BCUT2D eigenvalue weighted by atomic mass is 10.1. The van der Waals surface area contributed by atoms with Crippen molar-refractivity contribution >= 4 is 35.1 Å². The van der Waals surface area contributed by atoms with Crippen LogP contribution in [0.3, 0.4) is 0 Å². The molecule has 1 N–H and O–H groups in total. The molecule has 29 heavy (non-hydrogen) atoms. The molecule has 0 unspecified atom stereocenters. The molecule has 0 saturated heterocycles. The standard InChI is InChI=1S/C22H27ClN4OS/c1-5-10-27(11-6-2)20-13-19(23)25-22(26-20)29-15-17-8-7-9-18(12-17)21(28)24-14-16(3)4/h5-9,12-13,16H,1-2,10-11,14-15H2,3-4H3,(H,24,28). The minimum atomic E-state index is -0.0590. The minimum absolute atomic E-state index is 0.0590. The van der Waals surface area contributed by atoms with E-state index in [1.54, 1.807) is 6.07 Å². The van der Waals surface area contributed by atoms with E-state index in [1.165, 1.54) is 11.8 Å². The second-order valence-electron chi connectivity index (χ2n) is 6.91. The molecule has 0 saturated carbocycles. The van der Waals surface area contributed by atoms with E-state index in [1.807, 2.05) is 41.3 Å². The van der Waals surface area contributed by atoms with Crippen LogP contribution in [-0.4, -0.2) is 35.5 Å². The molecule has 7 heteroatoms. The van der Waals surface area contributed by atoms with Crippen molar-refractivity contribution in [1.29, 1.82) is 0 Å². The van der Waals surface area contributed by atoms with Gasteiger partial charge < -0.3 is 10.2 Å². The highest BCUT2D eigenvalue weighted by Gasteiger charge is 2.11. The van der Waals surface area contributed by atoms with Crippen LogP contribution in [-0.2, 0) is 5.75 Å². The molecule has 2 rings (SSSR count). The summed E-state index contributed by atoms with van der Waals surface area (Å²) in [5.74, 6) is 1.72. The average Bonchev–Trinajstić information content (AvgIpc) is 2.70. The summed E-state index contributed by atoms with van der Waals surface area (Å²) in [6.07, 6.45) is 3.62. The summed E-state index contributed by atoms with van der Waals surface area (Å²) in [7, 11) is 0. The zero-order valence-corrected chi connectivity index (χ0v) is 18.5. The van der Waals surface area contributed by atoms with Crippen LogP contribution < -0.4 is 10.2 Å². The number of amides is 1. The molecule has 2 aromatic rings. The molecule has 1 aromatic heterocycles. The van der Waals surface area contributed by atoms with Crippen LogP contribution in [0.15, 0.2) is 60.8 Å². The molecule has 0 fully saturated rings. The van der Waals surface area contributed by atoms with Gasteiger partial charge in [0.05, 0.1) is 0 Å². The van der Waals surface area contributed by atoms with Crippen molar-refractivity contribution in [2.75, 3.05) is 24.5 Å². The topological polar surface area (TPSA) is 58.1 Å². The fourth-order valence-electron chi connectivity index (χ4n) is 2.53. The van der Waals surface area contributed by atoms with Gasteiger partial charge in [-0.05, 0) is 23.6 Å². The number of hydrogen-bond donors (Lipinski definition) is 1. The molecule has 0 aliphatic carbocycles. The van der Waals surface area contributed by atoms with Gasteiger partial charge in [-0.15, -0.1) is 13.2 Å². The number of halogens is 1. The third-order valence-corrected chi connectivity index (χ3v) is 5.02. The summed E-state index contributed by atoms with van der Waals surface area (Å²) in [5, 5.41) is 3.91. The normalized spacial score (nSPS) is 10.6. The number of carbonyl (C=O) groups excluding carboxylic acids is 1. The number of aromatic nitrogens is 2. The van der Waals surface area contributed by atoms with Crippen LogP contribution in [0.5, 0.6) is 0 Å². The van der Waals surface area contributed by atoms with Gasteiger partial charge >= 0.3 is 0 Å². The molecule has 0 spiro atoms. The Hall–Kier alpha value is -2.31. The Labute approximate surface area is 182 Å². The third-order valence-electron chi connectivity index (χ3n) is 3.91. The molecule has 1 heterocycles. The molecule has 0 atom stereocenters. The third kappa shape index (κ3) is 7.55. The number of carbonyl (C=O) groups is 1. The summed E-state index contributed by atoms with van der Waals surface area (Å²) in [5.41, 5.74) is 1.67. The lowest BCUT2D eigenvalue weighted by Gasteiger charge is -2.20. The van der Waals surface area contributed by atoms with Gasteiger partial charge in [0, 0.05) is 37.0 Å². The summed E-state index contributed by atoms with van der Waals surface area (Å²) >= 11 is 7.68. The van der Waals surface area contributed by atoms with Gasteiger partial charge in [-0.2, -0.15) is 0 Å². The van der Waals surface area contributed by atoms with Crippen molar-refractivity contribution in [3.63, 3.8) is 0 Å². The lowest BCUT2D eigenvalue weighted by Crippen LogP contribution is -2.27. The lowest BCUT2D eigenvalue weighted by molar-refractivity contribution is 0.0949. The number of thioether (sulfide) groups is 1. The van der Waals surface area contributed by atoms with Crippen LogP contribution in [0.4, 0.5) is 5.82 Å². The fourth-order valence-corrected chi connectivity index (χ4v) is 3.56. The summed E-state index contributed by atoms with van der Waals surface area (Å²) in [6, 6.07) is 9.33. The van der Waals surface area contributed by atoms with Crippen molar-refractivity contribution in [3.05, 3.63) is 71.9 Å². The van der Waals surface area contributed by atoms with Gasteiger partial charge in [0.2, 0.25) is 0 Å². The molecule has 0 aliphatic heterocycles. The average molecular weight is 431 g/mol. The highest BCUT2D eigenvalue weighted by Crippen LogP contribution is 2.25. The summed E-state index contributed by atoms with van der Waals surface area (Å²) < 4.78 is 0. The molecule has 0 aliphatic rings. The Morgan fingerprint density at radius 1 is 1.24 bits per heavy atom. The molecule has 1 amide bonds. The van der Waals surface area contributed by atoms with Crippen molar-refractivity contribution < 1.29 is 4.79 Å². The van der Waals surface area contributed by atoms with Gasteiger partial charge in [0.25, 0.3) is 5.91 Å². The van der Waals surface area contributed by atoms with Gasteiger partial charge in [0.15, 0.2) is 5.16 Å². The van der Waals surface area contributed by atoms with Crippen LogP contribution in [0.25, 0.3) is 0 Å². The minimum Gasteiger partial charge on any atom is -0.352 e. The maximum absolute atomic E-state index is 12.3. The second kappa shape index (κ2) is 11.6. The van der Waals surface area contributed by atoms with Gasteiger partial charge in [0.1, 0.15) is 11.0 Å². The number of anilines is 1. The second-order valence-corrected chi connectivity index (χ2v) is 8.24. The number of nitrogens with zero attached hydrogens (tertiary/aromatic N) is 3. The van der Waals surface area contributed by atoms with Crippen molar-refractivity contribution in [2.24, 2.45) is 5.92 Å². The quantitative estimate of drug-likeness (QED) is 0.235. The van der Waals surface area contributed by atoms with E-state index >= 15 is 0 Å². The maximum Gasteiger partial charge on any atom is 0.251 e. The van der Waals surface area contributed by atoms with E-state index in [9.17, 15) is 4.79 Å². The first kappa shape index (κ1) is 23.0. The number of benzene rings is 1. The maximum atomic E-state index is 12.3. The largest absolute Gasteiger partial charge is 0.352 e. The number of nitrogens with one attached hydrogen (secondary N) is 1. The van der Waals surface area contributed by atoms with Crippen LogP contribution in [0.2, 0.25) is 5.15 Å².